The Bertz CT molecular complexity index is 1590. The molecule has 1 spiro atoms. The predicted molar refractivity (Wildman–Crippen MR) is 142 cm³/mol. The summed E-state index contributed by atoms with van der Waals surface area (Å²) in [6.45, 7) is 0. The molecule has 7 rings (SSSR count). The van der Waals surface area contributed by atoms with Crippen molar-refractivity contribution < 1.29 is 4.74 Å². The van der Waals surface area contributed by atoms with E-state index < -0.39 is 5.60 Å². The molecule has 1 aliphatic heterocycles. The third-order valence-electron chi connectivity index (χ3n) is 7.36. The fraction of sp³-hybridized carbons (Fsp3) is 0.167. The van der Waals surface area contributed by atoms with Gasteiger partial charge >= 0.3 is 0 Å². The average molecular weight is 459 g/mol. The van der Waals surface area contributed by atoms with E-state index >= 15 is 0 Å². The van der Waals surface area contributed by atoms with Gasteiger partial charge in [-0.25, -0.2) is 4.98 Å². The van der Waals surface area contributed by atoms with Crippen LogP contribution in [0.25, 0.3) is 28.0 Å². The van der Waals surface area contributed by atoms with Crippen LogP contribution in [-0.2, 0) is 5.60 Å². The molecule has 5 aromatic rings. The van der Waals surface area contributed by atoms with Gasteiger partial charge < -0.3 is 14.5 Å². The average Bonchev–Trinajstić information content (AvgIpc) is 3.39. The van der Waals surface area contributed by atoms with Crippen LogP contribution in [0.15, 0.2) is 85.1 Å². The summed E-state index contributed by atoms with van der Waals surface area (Å²) in [5.41, 5.74) is 10.2. The highest BCUT2D eigenvalue weighted by atomic mass is 16.5. The minimum Gasteiger partial charge on any atom is -0.471 e. The lowest BCUT2D eigenvalue weighted by molar-refractivity contribution is 0.151. The standard InChI is InChI=1S/C30H26N4O/c1-32(2)19-12-14-24-22(17-19)23-18-20(33(3)4)13-15-25(23)30(24)29-28(21-9-5-6-10-26(21)35-30)31-27-11-7-8-16-34(27)29/h5-18H,1-4H3. The number of benzene rings is 3. The van der Waals surface area contributed by atoms with Crippen molar-refractivity contribution in [2.75, 3.05) is 38.0 Å². The molecule has 0 unspecified atom stereocenters. The first-order valence-electron chi connectivity index (χ1n) is 11.9. The molecule has 3 aromatic carbocycles. The molecule has 35 heavy (non-hydrogen) atoms. The van der Waals surface area contributed by atoms with E-state index in [1.54, 1.807) is 0 Å². The van der Waals surface area contributed by atoms with E-state index in [0.29, 0.717) is 0 Å². The van der Waals surface area contributed by atoms with E-state index in [0.717, 1.165) is 50.8 Å². The fourth-order valence-corrected chi connectivity index (χ4v) is 5.68. The largest absolute Gasteiger partial charge is 0.471 e. The molecule has 0 fully saturated rings. The molecule has 5 heteroatoms. The lowest BCUT2D eigenvalue weighted by atomic mass is 9.83. The summed E-state index contributed by atoms with van der Waals surface area (Å²) in [6.07, 6.45) is 2.10. The van der Waals surface area contributed by atoms with E-state index in [1.165, 1.54) is 11.1 Å². The number of aromatic nitrogens is 2. The zero-order valence-electron chi connectivity index (χ0n) is 20.3. The molecule has 0 bridgehead atoms. The summed E-state index contributed by atoms with van der Waals surface area (Å²) < 4.78 is 9.34. The minimum absolute atomic E-state index is 0.801. The summed E-state index contributed by atoms with van der Waals surface area (Å²) in [7, 11) is 8.33. The van der Waals surface area contributed by atoms with Crippen LogP contribution in [0, 0.1) is 0 Å². The van der Waals surface area contributed by atoms with Gasteiger partial charge in [-0.2, -0.15) is 0 Å². The van der Waals surface area contributed by atoms with Gasteiger partial charge in [0.2, 0.25) is 5.60 Å². The van der Waals surface area contributed by atoms with E-state index in [2.05, 4.69) is 115 Å². The molecule has 3 heterocycles. The number of hydrogen-bond acceptors (Lipinski definition) is 4. The van der Waals surface area contributed by atoms with Gasteiger partial charge in [0.1, 0.15) is 22.8 Å². The maximum atomic E-state index is 7.14. The lowest BCUT2D eigenvalue weighted by Gasteiger charge is -2.37. The third kappa shape index (κ3) is 2.55. The van der Waals surface area contributed by atoms with Gasteiger partial charge in [-0.3, -0.25) is 4.40 Å². The molecular weight excluding hydrogens is 432 g/mol. The maximum Gasteiger partial charge on any atom is 0.203 e. The first kappa shape index (κ1) is 20.2. The number of ether oxygens (including phenoxy) is 1. The Kier molecular flexibility index (Phi) is 3.97. The number of para-hydroxylation sites is 1. The molecular formula is C30H26N4O. The van der Waals surface area contributed by atoms with Gasteiger partial charge in [-0.05, 0) is 59.7 Å². The minimum atomic E-state index is -0.801. The third-order valence-corrected chi connectivity index (χ3v) is 7.36. The summed E-state index contributed by atoms with van der Waals surface area (Å²) in [6, 6.07) is 27.8. The van der Waals surface area contributed by atoms with E-state index in [1.807, 2.05) is 12.1 Å². The molecule has 0 N–H and O–H groups in total. The van der Waals surface area contributed by atoms with Crippen LogP contribution in [0.2, 0.25) is 0 Å². The normalized spacial score (nSPS) is 14.2. The van der Waals surface area contributed by atoms with Gasteiger partial charge in [-0.1, -0.05) is 30.3 Å². The number of rotatable bonds is 2. The second kappa shape index (κ2) is 6.89. The van der Waals surface area contributed by atoms with Crippen LogP contribution in [0.5, 0.6) is 5.75 Å². The number of anilines is 2. The van der Waals surface area contributed by atoms with Crippen molar-refractivity contribution >= 4 is 17.0 Å². The van der Waals surface area contributed by atoms with Gasteiger partial charge in [0.25, 0.3) is 0 Å². The molecule has 0 saturated carbocycles. The molecule has 0 amide bonds. The van der Waals surface area contributed by atoms with Gasteiger partial charge in [0.15, 0.2) is 0 Å². The van der Waals surface area contributed by atoms with Crippen molar-refractivity contribution in [1.29, 1.82) is 0 Å². The Morgan fingerprint density at radius 2 is 1.34 bits per heavy atom. The van der Waals surface area contributed by atoms with Gasteiger partial charge in [0, 0.05) is 62.5 Å². The van der Waals surface area contributed by atoms with Crippen LogP contribution >= 0.6 is 0 Å². The quantitative estimate of drug-likeness (QED) is 0.335. The Morgan fingerprint density at radius 1 is 0.714 bits per heavy atom. The van der Waals surface area contributed by atoms with Crippen molar-refractivity contribution in [1.82, 2.24) is 9.38 Å². The van der Waals surface area contributed by atoms with Crippen molar-refractivity contribution in [2.45, 2.75) is 5.60 Å². The molecule has 0 saturated heterocycles. The van der Waals surface area contributed by atoms with Crippen molar-refractivity contribution in [2.24, 2.45) is 0 Å². The van der Waals surface area contributed by atoms with Gasteiger partial charge in [-0.15, -0.1) is 0 Å². The highest BCUT2D eigenvalue weighted by Crippen LogP contribution is 2.59. The summed E-state index contributed by atoms with van der Waals surface area (Å²) >= 11 is 0. The summed E-state index contributed by atoms with van der Waals surface area (Å²) in [5.74, 6) is 0.857. The fourth-order valence-electron chi connectivity index (χ4n) is 5.68. The Balaban J connectivity index is 1.64. The van der Waals surface area contributed by atoms with Crippen LogP contribution in [0.4, 0.5) is 11.4 Å². The zero-order chi connectivity index (χ0) is 23.9. The highest BCUT2D eigenvalue weighted by molar-refractivity contribution is 5.90. The number of fused-ring (bicyclic) bond motifs is 11. The van der Waals surface area contributed by atoms with Crippen LogP contribution in [0.3, 0.4) is 0 Å². The molecule has 5 nitrogen and oxygen atoms in total. The number of imidazole rings is 1. The Labute approximate surface area is 204 Å². The first-order valence-corrected chi connectivity index (χ1v) is 11.9. The highest BCUT2D eigenvalue weighted by Gasteiger charge is 2.53. The summed E-state index contributed by atoms with van der Waals surface area (Å²) in [5, 5.41) is 0. The van der Waals surface area contributed by atoms with E-state index in [9.17, 15) is 0 Å². The monoisotopic (exact) mass is 458 g/mol. The second-order valence-electron chi connectivity index (χ2n) is 9.77. The SMILES string of the molecule is CN(C)c1ccc2c(c1)-c1cc(N(C)C)ccc1C21Oc2ccccc2-c2nc3ccccn3c21. The predicted octanol–water partition coefficient (Wildman–Crippen LogP) is 5.80. The van der Waals surface area contributed by atoms with Crippen LogP contribution in [-0.4, -0.2) is 37.6 Å². The lowest BCUT2D eigenvalue weighted by Crippen LogP contribution is -2.38. The van der Waals surface area contributed by atoms with E-state index in [-0.39, 0.29) is 0 Å². The van der Waals surface area contributed by atoms with Gasteiger partial charge in [0.05, 0.1) is 0 Å². The maximum absolute atomic E-state index is 7.14. The first-order chi connectivity index (χ1) is 17.0. The second-order valence-corrected chi connectivity index (χ2v) is 9.77. The Morgan fingerprint density at radius 3 is 2.00 bits per heavy atom. The zero-order valence-corrected chi connectivity index (χ0v) is 20.3. The Hall–Kier alpha value is -4.25. The molecule has 1 aliphatic carbocycles. The van der Waals surface area contributed by atoms with Crippen molar-refractivity contribution in [3.63, 3.8) is 0 Å². The van der Waals surface area contributed by atoms with Crippen LogP contribution in [0.1, 0.15) is 16.8 Å². The smallest absolute Gasteiger partial charge is 0.203 e. The molecule has 2 aliphatic rings. The molecule has 0 atom stereocenters. The molecule has 0 radical (unpaired) electrons. The topological polar surface area (TPSA) is 33.0 Å². The molecule has 2 aromatic heterocycles. The number of pyridine rings is 1. The number of nitrogens with zero attached hydrogens (tertiary/aromatic N) is 4. The number of hydrogen-bond donors (Lipinski definition) is 0. The van der Waals surface area contributed by atoms with Crippen molar-refractivity contribution in [3.8, 4) is 28.1 Å². The van der Waals surface area contributed by atoms with E-state index in [4.69, 9.17) is 9.72 Å². The van der Waals surface area contributed by atoms with Crippen LogP contribution < -0.4 is 14.5 Å². The molecule has 172 valence electrons. The summed E-state index contributed by atoms with van der Waals surface area (Å²) in [4.78, 5) is 9.42. The van der Waals surface area contributed by atoms with Crippen molar-refractivity contribution in [3.05, 3.63) is 102 Å².